The van der Waals surface area contributed by atoms with E-state index in [0.717, 1.165) is 15.8 Å². The molecular formula is C19H20N4O2S. The molecule has 1 aromatic heterocycles. The molecule has 0 bridgehead atoms. The van der Waals surface area contributed by atoms with Crippen molar-refractivity contribution in [1.29, 1.82) is 0 Å². The maximum absolute atomic E-state index is 12.3. The summed E-state index contributed by atoms with van der Waals surface area (Å²) in [7, 11) is 1.91. The predicted octanol–water partition coefficient (Wildman–Crippen LogP) is 2.44. The fraction of sp³-hybridized carbons (Fsp3) is 0.211. The maximum Gasteiger partial charge on any atom is 0.242 e. The second kappa shape index (κ2) is 7.97. The van der Waals surface area contributed by atoms with Gasteiger partial charge in [0.05, 0.1) is 22.7 Å². The second-order valence-corrected chi connectivity index (χ2v) is 6.94. The second-order valence-electron chi connectivity index (χ2n) is 5.93. The third kappa shape index (κ3) is 4.18. The maximum atomic E-state index is 12.3. The Bertz CT molecular complexity index is 991. The lowest BCUT2D eigenvalue weighted by Gasteiger charge is -2.17. The molecule has 3 rings (SSSR count). The first-order valence-electron chi connectivity index (χ1n) is 8.24. The molecule has 0 saturated carbocycles. The van der Waals surface area contributed by atoms with Gasteiger partial charge in [0.2, 0.25) is 16.6 Å². The Labute approximate surface area is 155 Å². The summed E-state index contributed by atoms with van der Waals surface area (Å²) in [5.74, 6) is -0.440. The van der Waals surface area contributed by atoms with Crippen LogP contribution in [0.3, 0.4) is 0 Å². The number of carbonyl (C=O) groups excluding carboxylic acids is 2. The summed E-state index contributed by atoms with van der Waals surface area (Å²) < 4.78 is 3.03. The summed E-state index contributed by atoms with van der Waals surface area (Å²) in [5, 5.41) is 7.05. The summed E-state index contributed by atoms with van der Waals surface area (Å²) >= 11 is 1.50. The van der Waals surface area contributed by atoms with Crippen molar-refractivity contribution in [3.8, 4) is 0 Å². The van der Waals surface area contributed by atoms with Gasteiger partial charge in [-0.25, -0.2) is 5.43 Å². The van der Waals surface area contributed by atoms with Crippen LogP contribution in [-0.4, -0.2) is 16.4 Å². The Balaban J connectivity index is 1.75. The molecule has 2 amide bonds. The average molecular weight is 368 g/mol. The minimum absolute atomic E-state index is 0.113. The first-order valence-corrected chi connectivity index (χ1v) is 9.05. The number of hydrogen-bond donors (Lipinski definition) is 2. The minimum Gasteiger partial charge on any atom is -0.349 e. The Morgan fingerprint density at radius 2 is 1.81 bits per heavy atom. The van der Waals surface area contributed by atoms with Crippen LogP contribution in [0.5, 0.6) is 0 Å². The Morgan fingerprint density at radius 3 is 2.50 bits per heavy atom. The van der Waals surface area contributed by atoms with Crippen molar-refractivity contribution < 1.29 is 9.59 Å². The van der Waals surface area contributed by atoms with E-state index < -0.39 is 0 Å². The topological polar surface area (TPSA) is 75.5 Å². The Hall–Kier alpha value is -2.93. The molecule has 0 aliphatic rings. The van der Waals surface area contributed by atoms with Crippen LogP contribution in [0.1, 0.15) is 24.9 Å². The smallest absolute Gasteiger partial charge is 0.242 e. The Morgan fingerprint density at radius 1 is 1.12 bits per heavy atom. The lowest BCUT2D eigenvalue weighted by Crippen LogP contribution is -2.32. The number of carbonyl (C=O) groups is 2. The number of thiazole rings is 1. The first kappa shape index (κ1) is 17.9. The molecule has 0 spiro atoms. The van der Waals surface area contributed by atoms with E-state index in [2.05, 4.69) is 15.8 Å². The molecule has 0 fully saturated rings. The van der Waals surface area contributed by atoms with Crippen LogP contribution in [-0.2, 0) is 16.6 Å². The van der Waals surface area contributed by atoms with E-state index in [0.29, 0.717) is 4.80 Å². The van der Waals surface area contributed by atoms with Crippen molar-refractivity contribution >= 4 is 33.4 Å². The molecule has 2 aromatic carbocycles. The number of benzene rings is 2. The van der Waals surface area contributed by atoms with Crippen LogP contribution in [0.25, 0.3) is 10.2 Å². The summed E-state index contributed by atoms with van der Waals surface area (Å²) in [6.45, 7) is 1.44. The quantitative estimate of drug-likeness (QED) is 0.679. The lowest BCUT2D eigenvalue weighted by molar-refractivity contribution is -0.122. The molecule has 1 atom stereocenters. The monoisotopic (exact) mass is 368 g/mol. The van der Waals surface area contributed by atoms with Gasteiger partial charge >= 0.3 is 0 Å². The van der Waals surface area contributed by atoms with Crippen LogP contribution < -0.4 is 15.5 Å². The lowest BCUT2D eigenvalue weighted by atomic mass is 10.0. The number of nitrogens with one attached hydrogen (secondary N) is 2. The van der Waals surface area contributed by atoms with Crippen LogP contribution in [0.4, 0.5) is 0 Å². The van der Waals surface area contributed by atoms with Gasteiger partial charge in [-0.05, 0) is 17.7 Å². The summed E-state index contributed by atoms with van der Waals surface area (Å²) in [6.07, 6.45) is 0.113. The zero-order chi connectivity index (χ0) is 18.5. The van der Waals surface area contributed by atoms with E-state index in [-0.39, 0.29) is 24.3 Å². The number of nitrogens with zero attached hydrogens (tertiary/aromatic N) is 2. The zero-order valence-corrected chi connectivity index (χ0v) is 15.4. The number of fused-ring (bicyclic) bond motifs is 1. The molecule has 0 saturated heterocycles. The van der Waals surface area contributed by atoms with Gasteiger partial charge in [-0.1, -0.05) is 53.8 Å². The molecule has 26 heavy (non-hydrogen) atoms. The summed E-state index contributed by atoms with van der Waals surface area (Å²) in [4.78, 5) is 24.5. The fourth-order valence-corrected chi connectivity index (χ4v) is 3.69. The Kier molecular flexibility index (Phi) is 5.48. The van der Waals surface area contributed by atoms with E-state index in [1.807, 2.05) is 66.2 Å². The van der Waals surface area contributed by atoms with Crippen molar-refractivity contribution in [3.05, 3.63) is 65.0 Å². The molecule has 134 valence electrons. The number of rotatable bonds is 5. The molecule has 0 radical (unpaired) electrons. The van der Waals surface area contributed by atoms with Gasteiger partial charge in [-0.15, -0.1) is 5.10 Å². The molecule has 7 heteroatoms. The van der Waals surface area contributed by atoms with Gasteiger partial charge in [0.15, 0.2) is 0 Å². The molecule has 6 nitrogen and oxygen atoms in total. The van der Waals surface area contributed by atoms with Crippen LogP contribution >= 0.6 is 11.3 Å². The SMILES string of the molecule is CC(=O)NC(CC(=O)N/N=c1\sc2ccccc2n1C)c1ccccc1. The highest BCUT2D eigenvalue weighted by molar-refractivity contribution is 7.16. The minimum atomic E-state index is -0.389. The molecule has 1 unspecified atom stereocenters. The number of amides is 2. The van der Waals surface area contributed by atoms with Crippen LogP contribution in [0, 0.1) is 0 Å². The normalized spacial score (nSPS) is 12.8. The standard InChI is InChI=1S/C19H20N4O2S/c1-13(24)20-15(14-8-4-3-5-9-14)12-18(25)21-22-19-23(2)16-10-6-7-11-17(16)26-19/h3-11,15H,12H2,1-2H3,(H,20,24)(H,21,25)/b22-19-. The molecule has 0 aliphatic heterocycles. The van der Waals surface area contributed by atoms with Gasteiger partial charge in [-0.2, -0.15) is 0 Å². The van der Waals surface area contributed by atoms with E-state index in [1.54, 1.807) is 0 Å². The van der Waals surface area contributed by atoms with Gasteiger partial charge in [0.1, 0.15) is 0 Å². The van der Waals surface area contributed by atoms with E-state index in [9.17, 15) is 9.59 Å². The number of para-hydroxylation sites is 1. The van der Waals surface area contributed by atoms with Crippen LogP contribution in [0.2, 0.25) is 0 Å². The summed E-state index contributed by atoms with van der Waals surface area (Å²) in [5.41, 5.74) is 4.54. The molecule has 3 aromatic rings. The van der Waals surface area contributed by atoms with Gasteiger partial charge in [0.25, 0.3) is 0 Å². The van der Waals surface area contributed by atoms with Crippen molar-refractivity contribution in [2.24, 2.45) is 12.1 Å². The molecular weight excluding hydrogens is 348 g/mol. The van der Waals surface area contributed by atoms with E-state index in [1.165, 1.54) is 18.3 Å². The predicted molar refractivity (Wildman–Crippen MR) is 102 cm³/mol. The van der Waals surface area contributed by atoms with Crippen molar-refractivity contribution in [1.82, 2.24) is 15.3 Å². The highest BCUT2D eigenvalue weighted by Crippen LogP contribution is 2.17. The molecule has 2 N–H and O–H groups in total. The van der Waals surface area contributed by atoms with E-state index >= 15 is 0 Å². The zero-order valence-electron chi connectivity index (χ0n) is 14.6. The third-order valence-corrected chi connectivity index (χ3v) is 5.07. The number of hydrogen-bond acceptors (Lipinski definition) is 4. The number of aryl methyl sites for hydroxylation is 1. The first-order chi connectivity index (χ1) is 12.5. The van der Waals surface area contributed by atoms with Crippen molar-refractivity contribution in [2.75, 3.05) is 0 Å². The van der Waals surface area contributed by atoms with E-state index in [4.69, 9.17) is 0 Å². The van der Waals surface area contributed by atoms with Crippen molar-refractivity contribution in [2.45, 2.75) is 19.4 Å². The third-order valence-electron chi connectivity index (χ3n) is 3.96. The average Bonchev–Trinajstić information content (AvgIpc) is 2.96. The van der Waals surface area contributed by atoms with Crippen LogP contribution in [0.15, 0.2) is 59.7 Å². The van der Waals surface area contributed by atoms with Gasteiger partial charge in [-0.3, -0.25) is 9.59 Å². The van der Waals surface area contributed by atoms with Gasteiger partial charge < -0.3 is 9.88 Å². The van der Waals surface area contributed by atoms with Gasteiger partial charge in [0, 0.05) is 14.0 Å². The summed E-state index contributed by atoms with van der Waals surface area (Å²) in [6, 6.07) is 17.0. The highest BCUT2D eigenvalue weighted by atomic mass is 32.1. The fourth-order valence-electron chi connectivity index (χ4n) is 2.71. The molecule has 1 heterocycles. The highest BCUT2D eigenvalue weighted by Gasteiger charge is 2.16. The number of aromatic nitrogens is 1. The molecule has 0 aliphatic carbocycles. The largest absolute Gasteiger partial charge is 0.349 e. The van der Waals surface area contributed by atoms with Crippen molar-refractivity contribution in [3.63, 3.8) is 0 Å².